The third-order valence-electron chi connectivity index (χ3n) is 3.81. The van der Waals surface area contributed by atoms with Gasteiger partial charge in [-0.15, -0.1) is 0 Å². The zero-order valence-corrected chi connectivity index (χ0v) is 12.7. The van der Waals surface area contributed by atoms with Gasteiger partial charge in [-0.25, -0.2) is 4.79 Å². The minimum Gasteiger partial charge on any atom is -0.462 e. The maximum Gasteiger partial charge on any atom is 0.340 e. The van der Waals surface area contributed by atoms with Crippen LogP contribution in [0.2, 0.25) is 5.02 Å². The molecular formula is C15H21ClN2O2. The van der Waals surface area contributed by atoms with Crippen molar-refractivity contribution in [1.82, 2.24) is 0 Å². The molecule has 0 heterocycles. The van der Waals surface area contributed by atoms with Crippen molar-refractivity contribution >= 4 is 28.9 Å². The highest BCUT2D eigenvalue weighted by Gasteiger charge is 2.26. The molecule has 1 aliphatic carbocycles. The SMILES string of the molecule is CCOC(=O)c1cc(N)cc(Cl)c1N(C)C1CCCC1. The number of ether oxygens (including phenoxy) is 1. The monoisotopic (exact) mass is 296 g/mol. The highest BCUT2D eigenvalue weighted by atomic mass is 35.5. The molecular weight excluding hydrogens is 276 g/mol. The van der Waals surface area contributed by atoms with Gasteiger partial charge in [-0.3, -0.25) is 0 Å². The van der Waals surface area contributed by atoms with Crippen LogP contribution in [0, 0.1) is 0 Å². The summed E-state index contributed by atoms with van der Waals surface area (Å²) in [5.41, 5.74) is 7.46. The molecule has 0 saturated heterocycles. The van der Waals surface area contributed by atoms with E-state index in [0.29, 0.717) is 28.9 Å². The number of carbonyl (C=O) groups excluding carboxylic acids is 1. The molecule has 0 aromatic heterocycles. The Hall–Kier alpha value is -1.42. The van der Waals surface area contributed by atoms with Crippen LogP contribution in [0.25, 0.3) is 0 Å². The van der Waals surface area contributed by atoms with Gasteiger partial charge in [0.2, 0.25) is 0 Å². The first kappa shape index (κ1) is 15.0. The Balaban J connectivity index is 2.41. The fourth-order valence-corrected chi connectivity index (χ4v) is 3.18. The number of carbonyl (C=O) groups is 1. The fraction of sp³-hybridized carbons (Fsp3) is 0.533. The lowest BCUT2D eigenvalue weighted by Gasteiger charge is -2.29. The molecule has 110 valence electrons. The topological polar surface area (TPSA) is 55.6 Å². The summed E-state index contributed by atoms with van der Waals surface area (Å²) < 4.78 is 5.11. The van der Waals surface area contributed by atoms with E-state index in [1.54, 1.807) is 19.1 Å². The molecule has 1 fully saturated rings. The van der Waals surface area contributed by atoms with E-state index in [9.17, 15) is 4.79 Å². The zero-order valence-electron chi connectivity index (χ0n) is 12.0. The van der Waals surface area contributed by atoms with Crippen LogP contribution in [0.15, 0.2) is 12.1 Å². The van der Waals surface area contributed by atoms with Crippen molar-refractivity contribution in [1.29, 1.82) is 0 Å². The Morgan fingerprint density at radius 2 is 2.10 bits per heavy atom. The lowest BCUT2D eigenvalue weighted by Crippen LogP contribution is -2.30. The van der Waals surface area contributed by atoms with E-state index >= 15 is 0 Å². The Bertz CT molecular complexity index is 499. The predicted octanol–water partition coefficient (Wildman–Crippen LogP) is 3.48. The zero-order chi connectivity index (χ0) is 14.7. The molecule has 2 rings (SSSR count). The molecule has 0 bridgehead atoms. The first-order valence-corrected chi connectivity index (χ1v) is 7.41. The average Bonchev–Trinajstić information content (AvgIpc) is 2.91. The maximum atomic E-state index is 12.1. The lowest BCUT2D eigenvalue weighted by atomic mass is 10.1. The standard InChI is InChI=1S/C15H21ClN2O2/c1-3-20-15(19)12-8-10(17)9-13(16)14(12)18(2)11-6-4-5-7-11/h8-9,11H,3-7,17H2,1-2H3. The van der Waals surface area contributed by atoms with Gasteiger partial charge < -0.3 is 15.4 Å². The minimum absolute atomic E-state index is 0.331. The van der Waals surface area contributed by atoms with E-state index in [1.165, 1.54) is 12.8 Å². The van der Waals surface area contributed by atoms with Crippen LogP contribution in [0.1, 0.15) is 43.0 Å². The Labute approximate surface area is 124 Å². The minimum atomic E-state index is -0.374. The molecule has 1 saturated carbocycles. The lowest BCUT2D eigenvalue weighted by molar-refractivity contribution is 0.0527. The van der Waals surface area contributed by atoms with Crippen molar-refractivity contribution < 1.29 is 9.53 Å². The van der Waals surface area contributed by atoms with E-state index in [-0.39, 0.29) is 5.97 Å². The van der Waals surface area contributed by atoms with Crippen LogP contribution in [0.4, 0.5) is 11.4 Å². The van der Waals surface area contributed by atoms with Crippen LogP contribution in [-0.4, -0.2) is 25.7 Å². The number of nitrogen functional groups attached to an aromatic ring is 1. The third-order valence-corrected chi connectivity index (χ3v) is 4.09. The molecule has 0 unspecified atom stereocenters. The molecule has 4 nitrogen and oxygen atoms in total. The number of benzene rings is 1. The maximum absolute atomic E-state index is 12.1. The van der Waals surface area contributed by atoms with E-state index in [2.05, 4.69) is 4.90 Å². The van der Waals surface area contributed by atoms with Gasteiger partial charge >= 0.3 is 5.97 Å². The van der Waals surface area contributed by atoms with Gasteiger partial charge in [0.15, 0.2) is 0 Å². The van der Waals surface area contributed by atoms with Crippen molar-refractivity contribution in [3.8, 4) is 0 Å². The molecule has 0 spiro atoms. The van der Waals surface area contributed by atoms with E-state index in [0.717, 1.165) is 18.5 Å². The van der Waals surface area contributed by atoms with Crippen molar-refractivity contribution in [2.75, 3.05) is 24.3 Å². The Morgan fingerprint density at radius 3 is 2.70 bits per heavy atom. The second kappa shape index (κ2) is 6.35. The summed E-state index contributed by atoms with van der Waals surface area (Å²) in [6.07, 6.45) is 4.69. The molecule has 0 aliphatic heterocycles. The van der Waals surface area contributed by atoms with Crippen LogP contribution >= 0.6 is 11.6 Å². The first-order valence-electron chi connectivity index (χ1n) is 7.03. The number of hydrogen-bond donors (Lipinski definition) is 1. The molecule has 1 aliphatic rings. The van der Waals surface area contributed by atoms with Gasteiger partial charge in [-0.2, -0.15) is 0 Å². The summed E-state index contributed by atoms with van der Waals surface area (Å²) in [4.78, 5) is 14.2. The molecule has 0 atom stereocenters. The van der Waals surface area contributed by atoms with Crippen LogP contribution in [-0.2, 0) is 4.74 Å². The van der Waals surface area contributed by atoms with Crippen LogP contribution < -0.4 is 10.6 Å². The number of nitrogens with two attached hydrogens (primary N) is 1. The van der Waals surface area contributed by atoms with Gasteiger partial charge in [0.1, 0.15) is 0 Å². The van der Waals surface area contributed by atoms with Crippen LogP contribution in [0.5, 0.6) is 0 Å². The first-order chi connectivity index (χ1) is 9.54. The number of rotatable bonds is 4. The van der Waals surface area contributed by atoms with Gasteiger partial charge in [0.25, 0.3) is 0 Å². The molecule has 1 aromatic rings. The summed E-state index contributed by atoms with van der Waals surface area (Å²) in [6.45, 7) is 2.12. The molecule has 20 heavy (non-hydrogen) atoms. The molecule has 5 heteroatoms. The highest BCUT2D eigenvalue weighted by molar-refractivity contribution is 6.34. The predicted molar refractivity (Wildman–Crippen MR) is 82.5 cm³/mol. The largest absolute Gasteiger partial charge is 0.462 e. The number of halogens is 1. The number of esters is 1. The molecule has 0 radical (unpaired) electrons. The summed E-state index contributed by atoms with van der Waals surface area (Å²) >= 11 is 6.32. The quantitative estimate of drug-likeness (QED) is 0.683. The number of hydrogen-bond acceptors (Lipinski definition) is 4. The van der Waals surface area contributed by atoms with E-state index in [1.807, 2.05) is 7.05 Å². The summed E-state index contributed by atoms with van der Waals surface area (Å²) in [7, 11) is 1.98. The summed E-state index contributed by atoms with van der Waals surface area (Å²) in [5, 5.41) is 0.502. The molecule has 1 aromatic carbocycles. The highest BCUT2D eigenvalue weighted by Crippen LogP contribution is 2.36. The van der Waals surface area contributed by atoms with Crippen molar-refractivity contribution in [3.63, 3.8) is 0 Å². The van der Waals surface area contributed by atoms with Crippen molar-refractivity contribution in [2.45, 2.75) is 38.6 Å². The Morgan fingerprint density at radius 1 is 1.45 bits per heavy atom. The molecule has 2 N–H and O–H groups in total. The molecule has 0 amide bonds. The van der Waals surface area contributed by atoms with Gasteiger partial charge in [-0.1, -0.05) is 24.4 Å². The third kappa shape index (κ3) is 3.01. The average molecular weight is 297 g/mol. The van der Waals surface area contributed by atoms with Crippen LogP contribution in [0.3, 0.4) is 0 Å². The van der Waals surface area contributed by atoms with E-state index in [4.69, 9.17) is 22.1 Å². The van der Waals surface area contributed by atoms with Gasteiger partial charge in [0.05, 0.1) is 22.9 Å². The smallest absolute Gasteiger partial charge is 0.340 e. The number of nitrogens with zero attached hydrogens (tertiary/aromatic N) is 1. The van der Waals surface area contributed by atoms with Crippen molar-refractivity contribution in [3.05, 3.63) is 22.7 Å². The second-order valence-electron chi connectivity index (χ2n) is 5.17. The Kier molecular flexibility index (Phi) is 4.76. The summed E-state index contributed by atoms with van der Waals surface area (Å²) in [6, 6.07) is 3.75. The van der Waals surface area contributed by atoms with Gasteiger partial charge in [-0.05, 0) is 31.9 Å². The number of anilines is 2. The fourth-order valence-electron chi connectivity index (χ4n) is 2.82. The summed E-state index contributed by atoms with van der Waals surface area (Å²) in [5.74, 6) is -0.374. The van der Waals surface area contributed by atoms with Gasteiger partial charge in [0, 0.05) is 18.8 Å². The van der Waals surface area contributed by atoms with Crippen molar-refractivity contribution in [2.24, 2.45) is 0 Å². The second-order valence-corrected chi connectivity index (χ2v) is 5.58. The van der Waals surface area contributed by atoms with E-state index < -0.39 is 0 Å². The normalized spacial score (nSPS) is 15.3.